The number of aliphatic carboxylic acids is 1. The van der Waals surface area contributed by atoms with Crippen LogP contribution in [0.3, 0.4) is 0 Å². The SMILES string of the molecule is CC(O)(C=O)C(N)C(=O)O. The lowest BCUT2D eigenvalue weighted by molar-refractivity contribution is -0.147. The van der Waals surface area contributed by atoms with Crippen LogP contribution in [0.2, 0.25) is 0 Å². The lowest BCUT2D eigenvalue weighted by atomic mass is 10.00. The number of nitrogens with two attached hydrogens (primary N) is 1. The van der Waals surface area contributed by atoms with Gasteiger partial charge < -0.3 is 20.7 Å². The molecular formula is C5H9NO4. The molecule has 0 aliphatic rings. The monoisotopic (exact) mass is 147 g/mol. The first-order valence-electron chi connectivity index (χ1n) is 2.59. The van der Waals surface area contributed by atoms with Gasteiger partial charge in [-0.1, -0.05) is 0 Å². The van der Waals surface area contributed by atoms with Gasteiger partial charge in [-0.05, 0) is 6.92 Å². The lowest BCUT2D eigenvalue weighted by Gasteiger charge is -2.19. The van der Waals surface area contributed by atoms with Crippen molar-refractivity contribution in [2.45, 2.75) is 18.6 Å². The van der Waals surface area contributed by atoms with E-state index >= 15 is 0 Å². The van der Waals surface area contributed by atoms with Gasteiger partial charge >= 0.3 is 5.97 Å². The van der Waals surface area contributed by atoms with E-state index in [0.29, 0.717) is 0 Å². The number of hydrogen-bond acceptors (Lipinski definition) is 4. The summed E-state index contributed by atoms with van der Waals surface area (Å²) in [6, 6.07) is -1.56. The van der Waals surface area contributed by atoms with Crippen molar-refractivity contribution in [2.75, 3.05) is 0 Å². The van der Waals surface area contributed by atoms with Crippen LogP contribution in [-0.2, 0) is 9.59 Å². The fraction of sp³-hybridized carbons (Fsp3) is 0.600. The number of carbonyl (C=O) groups is 2. The Morgan fingerprint density at radius 3 is 2.30 bits per heavy atom. The molecule has 4 N–H and O–H groups in total. The highest BCUT2D eigenvalue weighted by Crippen LogP contribution is 2.03. The second kappa shape index (κ2) is 2.76. The number of carboxylic acids is 1. The third-order valence-electron chi connectivity index (χ3n) is 1.13. The van der Waals surface area contributed by atoms with Crippen LogP contribution in [-0.4, -0.2) is 34.1 Å². The highest BCUT2D eigenvalue weighted by atomic mass is 16.4. The number of carbonyl (C=O) groups excluding carboxylic acids is 1. The van der Waals surface area contributed by atoms with Crippen LogP contribution in [0.5, 0.6) is 0 Å². The first kappa shape index (κ1) is 9.06. The Kier molecular flexibility index (Phi) is 2.50. The first-order valence-corrected chi connectivity index (χ1v) is 2.59. The van der Waals surface area contributed by atoms with Gasteiger partial charge in [-0.25, -0.2) is 0 Å². The molecule has 0 aromatic carbocycles. The lowest BCUT2D eigenvalue weighted by Crippen LogP contribution is -2.51. The summed E-state index contributed by atoms with van der Waals surface area (Å²) in [5, 5.41) is 17.1. The molecule has 0 aliphatic heterocycles. The van der Waals surface area contributed by atoms with E-state index in [2.05, 4.69) is 0 Å². The van der Waals surface area contributed by atoms with Crippen molar-refractivity contribution in [3.05, 3.63) is 0 Å². The van der Waals surface area contributed by atoms with Crippen LogP contribution in [0.25, 0.3) is 0 Å². The normalized spacial score (nSPS) is 19.1. The van der Waals surface area contributed by atoms with E-state index < -0.39 is 17.6 Å². The van der Waals surface area contributed by atoms with E-state index in [9.17, 15) is 9.59 Å². The quantitative estimate of drug-likeness (QED) is 0.415. The third-order valence-corrected chi connectivity index (χ3v) is 1.13. The minimum absolute atomic E-state index is 0.103. The number of hydrogen-bond donors (Lipinski definition) is 3. The second-order valence-electron chi connectivity index (χ2n) is 2.16. The predicted molar refractivity (Wildman–Crippen MR) is 32.3 cm³/mol. The van der Waals surface area contributed by atoms with E-state index in [1.807, 2.05) is 0 Å². The Hall–Kier alpha value is -0.940. The van der Waals surface area contributed by atoms with Crippen LogP contribution in [0.4, 0.5) is 0 Å². The summed E-state index contributed by atoms with van der Waals surface area (Å²) < 4.78 is 0. The summed E-state index contributed by atoms with van der Waals surface area (Å²) in [6.07, 6.45) is 0.103. The topological polar surface area (TPSA) is 101 Å². The van der Waals surface area contributed by atoms with E-state index in [-0.39, 0.29) is 6.29 Å². The fourth-order valence-corrected chi connectivity index (χ4v) is 0.323. The predicted octanol–water partition coefficient (Wildman–Crippen LogP) is -1.65. The van der Waals surface area contributed by atoms with Crippen molar-refractivity contribution in [3.63, 3.8) is 0 Å². The molecule has 0 spiro atoms. The Morgan fingerprint density at radius 1 is 1.80 bits per heavy atom. The van der Waals surface area contributed by atoms with Crippen molar-refractivity contribution in [3.8, 4) is 0 Å². The summed E-state index contributed by atoms with van der Waals surface area (Å²) in [5.41, 5.74) is 2.94. The summed E-state index contributed by atoms with van der Waals surface area (Å²) in [7, 11) is 0. The third kappa shape index (κ3) is 1.78. The zero-order valence-corrected chi connectivity index (χ0v) is 5.44. The van der Waals surface area contributed by atoms with Crippen molar-refractivity contribution < 1.29 is 19.8 Å². The van der Waals surface area contributed by atoms with Crippen molar-refractivity contribution in [2.24, 2.45) is 5.73 Å². The molecule has 0 amide bonds. The molecule has 0 aromatic rings. The van der Waals surface area contributed by atoms with E-state index in [1.165, 1.54) is 0 Å². The molecule has 0 fully saturated rings. The van der Waals surface area contributed by atoms with Gasteiger partial charge in [0.25, 0.3) is 0 Å². The summed E-state index contributed by atoms with van der Waals surface area (Å²) >= 11 is 0. The minimum atomic E-state index is -1.98. The molecule has 10 heavy (non-hydrogen) atoms. The second-order valence-corrected chi connectivity index (χ2v) is 2.16. The van der Waals surface area contributed by atoms with Gasteiger partial charge in [0, 0.05) is 0 Å². The molecule has 0 radical (unpaired) electrons. The molecule has 0 rings (SSSR count). The maximum absolute atomic E-state index is 10.1. The number of carboxylic acid groups (broad SMARTS) is 1. The van der Waals surface area contributed by atoms with Gasteiger partial charge in [0.2, 0.25) is 0 Å². The average Bonchev–Trinajstić information content (AvgIpc) is 1.86. The highest BCUT2D eigenvalue weighted by molar-refractivity contribution is 5.81. The van der Waals surface area contributed by atoms with Gasteiger partial charge in [-0.3, -0.25) is 4.79 Å². The largest absolute Gasteiger partial charge is 0.480 e. The Bertz CT molecular complexity index is 154. The molecule has 0 saturated carbocycles. The molecule has 5 heteroatoms. The number of aldehydes is 1. The molecule has 0 saturated heterocycles. The molecule has 0 aliphatic carbocycles. The maximum Gasteiger partial charge on any atom is 0.323 e. The number of rotatable bonds is 3. The Labute approximate surface area is 57.5 Å². The van der Waals surface area contributed by atoms with Crippen molar-refractivity contribution in [1.82, 2.24) is 0 Å². The molecule has 5 nitrogen and oxygen atoms in total. The van der Waals surface area contributed by atoms with Crippen LogP contribution < -0.4 is 5.73 Å². The fourth-order valence-electron chi connectivity index (χ4n) is 0.323. The van der Waals surface area contributed by atoms with E-state index in [1.54, 1.807) is 0 Å². The molecule has 2 unspecified atom stereocenters. The molecule has 0 aromatic heterocycles. The van der Waals surface area contributed by atoms with Crippen LogP contribution >= 0.6 is 0 Å². The van der Waals surface area contributed by atoms with Gasteiger partial charge in [-0.15, -0.1) is 0 Å². The maximum atomic E-state index is 10.1. The van der Waals surface area contributed by atoms with Crippen molar-refractivity contribution in [1.29, 1.82) is 0 Å². The highest BCUT2D eigenvalue weighted by Gasteiger charge is 2.33. The molecule has 2 atom stereocenters. The standard InChI is InChI=1S/C5H9NO4/c1-5(10,2-7)3(6)4(8)9/h2-3,10H,6H2,1H3,(H,8,9). The molecule has 0 heterocycles. The van der Waals surface area contributed by atoms with Gasteiger partial charge in [0.15, 0.2) is 6.29 Å². The van der Waals surface area contributed by atoms with Crippen LogP contribution in [0.15, 0.2) is 0 Å². The molecular weight excluding hydrogens is 138 g/mol. The Morgan fingerprint density at radius 2 is 2.20 bits per heavy atom. The van der Waals surface area contributed by atoms with Gasteiger partial charge in [0.05, 0.1) is 0 Å². The molecule has 0 bridgehead atoms. The summed E-state index contributed by atoms with van der Waals surface area (Å²) in [6.45, 7) is 1.04. The van der Waals surface area contributed by atoms with Gasteiger partial charge in [-0.2, -0.15) is 0 Å². The first-order chi connectivity index (χ1) is 4.41. The smallest absolute Gasteiger partial charge is 0.323 e. The zero-order valence-electron chi connectivity index (χ0n) is 5.44. The minimum Gasteiger partial charge on any atom is -0.480 e. The number of aliphatic hydroxyl groups is 1. The van der Waals surface area contributed by atoms with Gasteiger partial charge in [0.1, 0.15) is 11.6 Å². The van der Waals surface area contributed by atoms with Crippen LogP contribution in [0.1, 0.15) is 6.92 Å². The zero-order chi connectivity index (χ0) is 8.36. The van der Waals surface area contributed by atoms with Crippen LogP contribution in [0, 0.1) is 0 Å². The Balaban J connectivity index is 4.31. The average molecular weight is 147 g/mol. The van der Waals surface area contributed by atoms with E-state index in [0.717, 1.165) is 6.92 Å². The summed E-state index contributed by atoms with van der Waals surface area (Å²) in [4.78, 5) is 20.0. The molecule has 58 valence electrons. The summed E-state index contributed by atoms with van der Waals surface area (Å²) in [5.74, 6) is -1.41. The van der Waals surface area contributed by atoms with Crippen molar-refractivity contribution >= 4 is 12.3 Å². The van der Waals surface area contributed by atoms with E-state index in [4.69, 9.17) is 15.9 Å².